The first kappa shape index (κ1) is 20.6. The molecule has 0 bridgehead atoms. The van der Waals surface area contributed by atoms with Gasteiger partial charge in [-0.2, -0.15) is 0 Å². The van der Waals surface area contributed by atoms with Gasteiger partial charge in [-0.15, -0.1) is 0 Å². The van der Waals surface area contributed by atoms with Crippen LogP contribution in [0.4, 0.5) is 11.4 Å². The van der Waals surface area contributed by atoms with Crippen molar-refractivity contribution in [1.82, 2.24) is 4.90 Å². The van der Waals surface area contributed by atoms with Crippen molar-refractivity contribution in [2.24, 2.45) is 5.92 Å². The molecule has 0 aromatic heterocycles. The third kappa shape index (κ3) is 5.25. The third-order valence-electron chi connectivity index (χ3n) is 5.69. The molecule has 0 heterocycles. The van der Waals surface area contributed by atoms with Crippen LogP contribution >= 0.6 is 0 Å². The highest BCUT2D eigenvalue weighted by Gasteiger charge is 2.37. The van der Waals surface area contributed by atoms with Crippen LogP contribution in [0.1, 0.15) is 50.5 Å². The lowest BCUT2D eigenvalue weighted by Gasteiger charge is -2.35. The average molecular weight is 388 g/mol. The number of hydrogen-bond donors (Lipinski definition) is 1. The van der Waals surface area contributed by atoms with Gasteiger partial charge in [0.2, 0.25) is 11.8 Å². The lowest BCUT2D eigenvalue weighted by molar-refractivity contribution is -0.136. The number of carbonyl (C=O) groups is 2. The number of carbonyl (C=O) groups excluding carboxylic acids is 2. The summed E-state index contributed by atoms with van der Waals surface area (Å²) in [6.45, 7) is 0.626. The van der Waals surface area contributed by atoms with E-state index in [1.165, 1.54) is 26.4 Å². The second-order valence-corrected chi connectivity index (χ2v) is 8.25. The van der Waals surface area contributed by atoms with Gasteiger partial charge >= 0.3 is 0 Å². The van der Waals surface area contributed by atoms with E-state index < -0.39 is 0 Å². The van der Waals surface area contributed by atoms with E-state index in [2.05, 4.69) is 15.1 Å². The zero-order chi connectivity index (χ0) is 20.1. The number of anilines is 2. The van der Waals surface area contributed by atoms with E-state index in [0.717, 1.165) is 42.6 Å². The Kier molecular flexibility index (Phi) is 6.94. The quantitative estimate of drug-likeness (QED) is 0.743. The van der Waals surface area contributed by atoms with Crippen molar-refractivity contribution in [2.45, 2.75) is 57.5 Å². The summed E-state index contributed by atoms with van der Waals surface area (Å²) in [7, 11) is 5.52. The van der Waals surface area contributed by atoms with Gasteiger partial charge in [-0.05, 0) is 49.4 Å². The molecule has 0 unspecified atom stereocenters. The second kappa shape index (κ2) is 9.41. The van der Waals surface area contributed by atoms with Crippen LogP contribution in [0.15, 0.2) is 18.2 Å². The molecule has 0 aliphatic heterocycles. The number of hydrogen-bond acceptors (Lipinski definition) is 4. The Morgan fingerprint density at radius 2 is 1.82 bits per heavy atom. The highest BCUT2D eigenvalue weighted by molar-refractivity contribution is 5.92. The van der Waals surface area contributed by atoms with E-state index in [1.807, 2.05) is 32.3 Å². The molecule has 0 radical (unpaired) electrons. The summed E-state index contributed by atoms with van der Waals surface area (Å²) in [4.78, 5) is 29.2. The van der Waals surface area contributed by atoms with E-state index >= 15 is 0 Å². The summed E-state index contributed by atoms with van der Waals surface area (Å²) < 4.78 is 4.90. The summed E-state index contributed by atoms with van der Waals surface area (Å²) in [5.74, 6) is 0.351. The predicted molar refractivity (Wildman–Crippen MR) is 111 cm³/mol. The topological polar surface area (TPSA) is 61.9 Å². The first-order valence-electron chi connectivity index (χ1n) is 10.4. The number of ether oxygens (including phenoxy) is 1. The number of amides is 2. The Morgan fingerprint density at radius 3 is 2.43 bits per heavy atom. The van der Waals surface area contributed by atoms with Crippen LogP contribution in [0.25, 0.3) is 0 Å². The van der Waals surface area contributed by atoms with Gasteiger partial charge in [0.15, 0.2) is 0 Å². The van der Waals surface area contributed by atoms with Crippen LogP contribution in [0, 0.1) is 5.92 Å². The molecule has 2 amide bonds. The summed E-state index contributed by atoms with van der Waals surface area (Å²) in [6.07, 6.45) is 7.91. The molecule has 0 atom stereocenters. The van der Waals surface area contributed by atoms with Gasteiger partial charge in [-0.3, -0.25) is 9.59 Å². The normalized spacial score (nSPS) is 17.2. The molecule has 154 valence electrons. The lowest BCUT2D eigenvalue weighted by atomic mass is 9.93. The standard InChI is InChI=1S/C22H33N3O3/c1-24(2)20-12-11-18(23-21(26)15-28-3)13-17(20)14-25(22(27)16-9-10-16)19-7-5-4-6-8-19/h11-13,16,19H,4-10,14-15H2,1-3H3,(H,23,26). The molecule has 1 aromatic rings. The van der Waals surface area contributed by atoms with Crippen LogP contribution in [-0.2, 0) is 20.9 Å². The van der Waals surface area contributed by atoms with Crippen LogP contribution < -0.4 is 10.2 Å². The molecule has 28 heavy (non-hydrogen) atoms. The molecule has 1 N–H and O–H groups in total. The largest absolute Gasteiger partial charge is 0.377 e. The van der Waals surface area contributed by atoms with Crippen LogP contribution in [0.5, 0.6) is 0 Å². The number of nitrogens with zero attached hydrogens (tertiary/aromatic N) is 2. The van der Waals surface area contributed by atoms with Crippen molar-refractivity contribution in [1.29, 1.82) is 0 Å². The minimum absolute atomic E-state index is 0.0269. The van der Waals surface area contributed by atoms with Gasteiger partial charge < -0.3 is 19.9 Å². The maximum atomic E-state index is 13.1. The van der Waals surface area contributed by atoms with Crippen LogP contribution in [-0.4, -0.2) is 50.6 Å². The third-order valence-corrected chi connectivity index (χ3v) is 5.69. The average Bonchev–Trinajstić information content (AvgIpc) is 3.51. The van der Waals surface area contributed by atoms with E-state index in [4.69, 9.17) is 4.74 Å². The van der Waals surface area contributed by atoms with Crippen molar-refractivity contribution < 1.29 is 14.3 Å². The van der Waals surface area contributed by atoms with Gasteiger partial charge in [0.25, 0.3) is 0 Å². The van der Waals surface area contributed by atoms with Gasteiger partial charge in [-0.25, -0.2) is 0 Å². The molecule has 0 spiro atoms. The molecule has 1 aromatic carbocycles. The number of rotatable bonds is 8. The SMILES string of the molecule is COCC(=O)Nc1ccc(N(C)C)c(CN(C(=O)C2CC2)C2CCCCC2)c1. The molecule has 6 heteroatoms. The molecule has 0 saturated heterocycles. The van der Waals surface area contributed by atoms with Crippen molar-refractivity contribution in [2.75, 3.05) is 38.0 Å². The first-order chi connectivity index (χ1) is 13.5. The Labute approximate surface area is 168 Å². The Bertz CT molecular complexity index is 694. The van der Waals surface area contributed by atoms with Gasteiger partial charge in [0.05, 0.1) is 0 Å². The number of methoxy groups -OCH3 is 1. The summed E-state index contributed by atoms with van der Waals surface area (Å²) in [5, 5.41) is 2.88. The highest BCUT2D eigenvalue weighted by atomic mass is 16.5. The molecule has 2 fully saturated rings. The molecule has 6 nitrogen and oxygen atoms in total. The van der Waals surface area contributed by atoms with Crippen molar-refractivity contribution in [3.63, 3.8) is 0 Å². The molecule has 3 rings (SSSR count). The highest BCUT2D eigenvalue weighted by Crippen LogP contribution is 2.35. The van der Waals surface area contributed by atoms with Crippen molar-refractivity contribution in [3.05, 3.63) is 23.8 Å². The molecule has 2 saturated carbocycles. The summed E-state index contributed by atoms with van der Waals surface area (Å²) in [6, 6.07) is 6.25. The minimum atomic E-state index is -0.177. The van der Waals surface area contributed by atoms with E-state index in [-0.39, 0.29) is 18.4 Å². The van der Waals surface area contributed by atoms with Crippen molar-refractivity contribution in [3.8, 4) is 0 Å². The monoisotopic (exact) mass is 387 g/mol. The fourth-order valence-corrected chi connectivity index (χ4v) is 4.08. The minimum Gasteiger partial charge on any atom is -0.377 e. The smallest absolute Gasteiger partial charge is 0.250 e. The molecule has 2 aliphatic carbocycles. The Morgan fingerprint density at radius 1 is 1.11 bits per heavy atom. The van der Waals surface area contributed by atoms with E-state index in [1.54, 1.807) is 0 Å². The number of nitrogens with one attached hydrogen (secondary N) is 1. The Hall–Kier alpha value is -2.08. The van der Waals surface area contributed by atoms with Crippen LogP contribution in [0.3, 0.4) is 0 Å². The lowest BCUT2D eigenvalue weighted by Crippen LogP contribution is -2.42. The first-order valence-corrected chi connectivity index (χ1v) is 10.4. The maximum Gasteiger partial charge on any atom is 0.250 e. The fraction of sp³-hybridized carbons (Fsp3) is 0.636. The zero-order valence-electron chi connectivity index (χ0n) is 17.4. The molecular formula is C22H33N3O3. The van der Waals surface area contributed by atoms with E-state index in [0.29, 0.717) is 18.5 Å². The van der Waals surface area contributed by atoms with Crippen molar-refractivity contribution >= 4 is 23.2 Å². The molecular weight excluding hydrogens is 354 g/mol. The maximum absolute atomic E-state index is 13.1. The second-order valence-electron chi connectivity index (χ2n) is 8.25. The Balaban J connectivity index is 1.84. The predicted octanol–water partition coefficient (Wildman–Crippen LogP) is 3.41. The van der Waals surface area contributed by atoms with Gasteiger partial charge in [-0.1, -0.05) is 19.3 Å². The summed E-state index contributed by atoms with van der Waals surface area (Å²) >= 11 is 0. The number of benzene rings is 1. The zero-order valence-corrected chi connectivity index (χ0v) is 17.4. The fourth-order valence-electron chi connectivity index (χ4n) is 4.08. The van der Waals surface area contributed by atoms with Crippen LogP contribution in [0.2, 0.25) is 0 Å². The van der Waals surface area contributed by atoms with Gasteiger partial charge in [0.1, 0.15) is 6.61 Å². The van der Waals surface area contributed by atoms with Gasteiger partial charge in [0, 0.05) is 51.1 Å². The van der Waals surface area contributed by atoms with E-state index in [9.17, 15) is 9.59 Å². The summed E-state index contributed by atoms with van der Waals surface area (Å²) in [5.41, 5.74) is 2.89. The molecule has 2 aliphatic rings.